The number of furan rings is 1. The van der Waals surface area contributed by atoms with Gasteiger partial charge < -0.3 is 14.8 Å². The third-order valence-electron chi connectivity index (χ3n) is 3.43. The van der Waals surface area contributed by atoms with Gasteiger partial charge in [-0.1, -0.05) is 0 Å². The highest BCUT2D eigenvalue weighted by Crippen LogP contribution is 2.44. The van der Waals surface area contributed by atoms with Gasteiger partial charge in [0, 0.05) is 12.0 Å². The van der Waals surface area contributed by atoms with Gasteiger partial charge in [0.05, 0.1) is 12.9 Å². The molecule has 20 heavy (non-hydrogen) atoms. The molecule has 2 N–H and O–H groups in total. The van der Waals surface area contributed by atoms with Gasteiger partial charge in [0.2, 0.25) is 11.7 Å². The van der Waals surface area contributed by atoms with Gasteiger partial charge in [-0.2, -0.15) is 4.80 Å². The molecule has 0 aromatic carbocycles. The fourth-order valence-corrected chi connectivity index (χ4v) is 1.85. The lowest BCUT2D eigenvalue weighted by atomic mass is 10.1. The molecule has 0 bridgehead atoms. The average Bonchev–Trinajstić information content (AvgIpc) is 2.86. The van der Waals surface area contributed by atoms with Crippen LogP contribution in [0.25, 0.3) is 11.6 Å². The molecule has 8 heteroatoms. The summed E-state index contributed by atoms with van der Waals surface area (Å²) in [6, 6.07) is 3.45. The van der Waals surface area contributed by atoms with Crippen LogP contribution in [-0.2, 0) is 11.3 Å². The van der Waals surface area contributed by atoms with Crippen LogP contribution < -0.4 is 5.32 Å². The maximum atomic E-state index is 11.8. The first kappa shape index (κ1) is 12.8. The zero-order valence-electron chi connectivity index (χ0n) is 10.8. The predicted molar refractivity (Wildman–Crippen MR) is 67.3 cm³/mol. The normalized spacial score (nSPS) is 16.1. The topological polar surface area (TPSA) is 106 Å². The number of amides is 1. The first-order valence-corrected chi connectivity index (χ1v) is 6.40. The lowest BCUT2D eigenvalue weighted by Gasteiger charge is -2.12. The van der Waals surface area contributed by atoms with Crippen LogP contribution in [0.4, 0.5) is 0 Å². The van der Waals surface area contributed by atoms with Crippen molar-refractivity contribution in [3.8, 4) is 11.6 Å². The average molecular weight is 277 g/mol. The van der Waals surface area contributed by atoms with Gasteiger partial charge in [-0.3, -0.25) is 4.79 Å². The minimum atomic E-state index is -0.201. The van der Waals surface area contributed by atoms with Crippen molar-refractivity contribution in [2.45, 2.75) is 19.4 Å². The number of aliphatic hydroxyl groups is 1. The summed E-state index contributed by atoms with van der Waals surface area (Å²) in [7, 11) is 0. The number of hydrogen-bond donors (Lipinski definition) is 2. The molecular weight excluding hydrogens is 262 g/mol. The number of hydrogen-bond acceptors (Lipinski definition) is 6. The summed E-state index contributed by atoms with van der Waals surface area (Å²) in [5.74, 6) is 0.652. The third-order valence-corrected chi connectivity index (χ3v) is 3.43. The Morgan fingerprint density at radius 1 is 1.55 bits per heavy atom. The molecule has 3 rings (SSSR count). The highest BCUT2D eigenvalue weighted by molar-refractivity contribution is 5.75. The van der Waals surface area contributed by atoms with E-state index in [0.29, 0.717) is 18.1 Å². The van der Waals surface area contributed by atoms with Gasteiger partial charge in [0.25, 0.3) is 0 Å². The molecule has 2 heterocycles. The van der Waals surface area contributed by atoms with Crippen LogP contribution in [0.2, 0.25) is 0 Å². The molecule has 2 aromatic rings. The molecule has 8 nitrogen and oxygen atoms in total. The monoisotopic (exact) mass is 277 g/mol. The number of rotatable bonds is 6. The number of aliphatic hydroxyl groups excluding tert-OH is 1. The summed E-state index contributed by atoms with van der Waals surface area (Å²) < 4.78 is 5.15. The molecule has 0 aliphatic heterocycles. The molecule has 1 fully saturated rings. The Balaban J connectivity index is 1.54. The van der Waals surface area contributed by atoms with E-state index < -0.39 is 0 Å². The largest absolute Gasteiger partial charge is 0.461 e. The Bertz CT molecular complexity index is 588. The van der Waals surface area contributed by atoms with E-state index in [2.05, 4.69) is 20.7 Å². The van der Waals surface area contributed by atoms with E-state index in [1.165, 1.54) is 11.1 Å². The molecule has 106 valence electrons. The Hall–Kier alpha value is -2.22. The molecular formula is C12H15N5O3. The standard InChI is InChI=1S/C12H15N5O3/c18-8-12(3-4-12)7-13-10(19)6-17-15-11(14-16-17)9-2-1-5-20-9/h1-2,5,18H,3-4,6-8H2,(H,13,19). The molecule has 0 saturated heterocycles. The second-order valence-corrected chi connectivity index (χ2v) is 5.06. The number of carbonyl (C=O) groups excluding carboxylic acids is 1. The smallest absolute Gasteiger partial charge is 0.243 e. The van der Waals surface area contributed by atoms with E-state index in [4.69, 9.17) is 9.52 Å². The fraction of sp³-hybridized carbons (Fsp3) is 0.500. The molecule has 1 aliphatic rings. The number of carbonyl (C=O) groups is 1. The summed E-state index contributed by atoms with van der Waals surface area (Å²) in [5, 5.41) is 23.6. The second-order valence-electron chi connectivity index (χ2n) is 5.06. The highest BCUT2D eigenvalue weighted by Gasteiger charge is 2.42. The SMILES string of the molecule is O=C(Cn1nnc(-c2ccco2)n1)NCC1(CO)CC1. The predicted octanol–water partition coefficient (Wildman–Crippen LogP) is -0.178. The molecule has 0 atom stereocenters. The number of tetrazole rings is 1. The van der Waals surface area contributed by atoms with Crippen LogP contribution in [0.3, 0.4) is 0 Å². The number of aromatic nitrogens is 4. The van der Waals surface area contributed by atoms with Gasteiger partial charge in [-0.05, 0) is 30.2 Å². The van der Waals surface area contributed by atoms with Crippen LogP contribution >= 0.6 is 0 Å². The van der Waals surface area contributed by atoms with E-state index in [1.54, 1.807) is 12.1 Å². The lowest BCUT2D eigenvalue weighted by Crippen LogP contribution is -2.34. The number of nitrogens with one attached hydrogen (secondary N) is 1. The second kappa shape index (κ2) is 5.04. The minimum Gasteiger partial charge on any atom is -0.461 e. The van der Waals surface area contributed by atoms with E-state index >= 15 is 0 Å². The van der Waals surface area contributed by atoms with Gasteiger partial charge in [-0.15, -0.1) is 10.2 Å². The van der Waals surface area contributed by atoms with Crippen LogP contribution in [0, 0.1) is 5.41 Å². The van der Waals surface area contributed by atoms with Crippen LogP contribution in [0.1, 0.15) is 12.8 Å². The van der Waals surface area contributed by atoms with Crippen molar-refractivity contribution in [3.05, 3.63) is 18.4 Å². The Labute approximate surface area is 114 Å². The zero-order valence-corrected chi connectivity index (χ0v) is 10.8. The van der Waals surface area contributed by atoms with Crippen molar-refractivity contribution in [2.75, 3.05) is 13.2 Å². The summed E-state index contributed by atoms with van der Waals surface area (Å²) in [6.45, 7) is 0.592. The fourth-order valence-electron chi connectivity index (χ4n) is 1.85. The quantitative estimate of drug-likeness (QED) is 0.758. The van der Waals surface area contributed by atoms with Crippen molar-refractivity contribution in [2.24, 2.45) is 5.41 Å². The number of nitrogens with zero attached hydrogens (tertiary/aromatic N) is 4. The highest BCUT2D eigenvalue weighted by atomic mass is 16.3. The summed E-state index contributed by atoms with van der Waals surface area (Å²) in [6.07, 6.45) is 3.43. The summed E-state index contributed by atoms with van der Waals surface area (Å²) in [4.78, 5) is 13.0. The molecule has 0 radical (unpaired) electrons. The molecule has 1 amide bonds. The lowest BCUT2D eigenvalue weighted by molar-refractivity contribution is -0.122. The van der Waals surface area contributed by atoms with Crippen molar-refractivity contribution in [3.63, 3.8) is 0 Å². The Morgan fingerprint density at radius 2 is 2.40 bits per heavy atom. The first-order chi connectivity index (χ1) is 9.71. The van der Waals surface area contributed by atoms with Gasteiger partial charge in [-0.25, -0.2) is 0 Å². The summed E-state index contributed by atoms with van der Waals surface area (Å²) in [5.41, 5.74) is -0.106. The molecule has 1 aliphatic carbocycles. The molecule has 1 saturated carbocycles. The van der Waals surface area contributed by atoms with Crippen LogP contribution in [-0.4, -0.2) is 44.4 Å². The van der Waals surface area contributed by atoms with Crippen molar-refractivity contribution >= 4 is 5.91 Å². The summed E-state index contributed by atoms with van der Waals surface area (Å²) >= 11 is 0. The third kappa shape index (κ3) is 2.69. The van der Waals surface area contributed by atoms with Crippen molar-refractivity contribution < 1.29 is 14.3 Å². The minimum absolute atomic E-state index is 0.00474. The van der Waals surface area contributed by atoms with Gasteiger partial charge >= 0.3 is 0 Å². The van der Waals surface area contributed by atoms with Crippen LogP contribution in [0.15, 0.2) is 22.8 Å². The zero-order chi connectivity index (χ0) is 14.0. The van der Waals surface area contributed by atoms with Crippen molar-refractivity contribution in [1.82, 2.24) is 25.5 Å². The van der Waals surface area contributed by atoms with E-state index in [9.17, 15) is 4.79 Å². The van der Waals surface area contributed by atoms with Gasteiger partial charge in [0.1, 0.15) is 6.54 Å². The van der Waals surface area contributed by atoms with Crippen LogP contribution in [0.5, 0.6) is 0 Å². The van der Waals surface area contributed by atoms with Gasteiger partial charge in [0.15, 0.2) is 5.76 Å². The first-order valence-electron chi connectivity index (χ1n) is 6.40. The van der Waals surface area contributed by atoms with E-state index in [0.717, 1.165) is 12.8 Å². The molecule has 0 spiro atoms. The Morgan fingerprint density at radius 3 is 3.05 bits per heavy atom. The van der Waals surface area contributed by atoms with E-state index in [-0.39, 0.29) is 24.5 Å². The van der Waals surface area contributed by atoms with E-state index in [1.807, 2.05) is 0 Å². The maximum Gasteiger partial charge on any atom is 0.243 e. The van der Waals surface area contributed by atoms with Crippen molar-refractivity contribution in [1.29, 1.82) is 0 Å². The maximum absolute atomic E-state index is 11.8. The Kier molecular flexibility index (Phi) is 3.23. The molecule has 0 unspecified atom stereocenters. The molecule has 2 aromatic heterocycles.